The third kappa shape index (κ3) is 8.04. The van der Waals surface area contributed by atoms with Gasteiger partial charge >= 0.3 is 12.1 Å². The molecule has 1 saturated heterocycles. The van der Waals surface area contributed by atoms with Gasteiger partial charge in [-0.15, -0.1) is 0 Å². The minimum Gasteiger partial charge on any atom is -0.497 e. The highest BCUT2D eigenvalue weighted by Crippen LogP contribution is 2.22. The van der Waals surface area contributed by atoms with Gasteiger partial charge in [-0.25, -0.2) is 9.59 Å². The van der Waals surface area contributed by atoms with Crippen LogP contribution in [0, 0.1) is 0 Å². The molecule has 2 atom stereocenters. The van der Waals surface area contributed by atoms with Crippen LogP contribution in [-0.2, 0) is 19.1 Å². The number of methoxy groups -OCH3 is 1. The number of amides is 2. The Labute approximate surface area is 201 Å². The van der Waals surface area contributed by atoms with Crippen molar-refractivity contribution in [2.24, 2.45) is 0 Å². The Morgan fingerprint density at radius 1 is 1.00 bits per heavy atom. The first-order chi connectivity index (χ1) is 15.7. The lowest BCUT2D eigenvalue weighted by Gasteiger charge is -2.29. The first-order valence-electron chi connectivity index (χ1n) is 11.4. The molecule has 0 radical (unpaired) electrons. The Kier molecular flexibility index (Phi) is 8.69. The van der Waals surface area contributed by atoms with E-state index in [-0.39, 0.29) is 12.2 Å². The van der Waals surface area contributed by atoms with Gasteiger partial charge in [-0.1, -0.05) is 0 Å². The Morgan fingerprint density at radius 2 is 1.59 bits per heavy atom. The van der Waals surface area contributed by atoms with E-state index in [1.165, 1.54) is 12.0 Å². The highest BCUT2D eigenvalue weighted by atomic mass is 16.6. The monoisotopic (exact) mass is 476 g/mol. The van der Waals surface area contributed by atoms with Crippen LogP contribution in [-0.4, -0.2) is 65.6 Å². The molecule has 1 aliphatic heterocycles. The molecule has 0 spiro atoms. The molecule has 0 unspecified atom stereocenters. The van der Waals surface area contributed by atoms with Crippen molar-refractivity contribution in [1.82, 2.24) is 10.2 Å². The second kappa shape index (κ2) is 10.9. The lowest BCUT2D eigenvalue weighted by molar-refractivity contribution is -0.158. The van der Waals surface area contributed by atoms with E-state index in [9.17, 15) is 19.2 Å². The van der Waals surface area contributed by atoms with Gasteiger partial charge in [0.25, 0.3) is 0 Å². The largest absolute Gasteiger partial charge is 0.497 e. The van der Waals surface area contributed by atoms with Crippen molar-refractivity contribution in [1.29, 1.82) is 0 Å². The summed E-state index contributed by atoms with van der Waals surface area (Å²) >= 11 is 0. The van der Waals surface area contributed by atoms with E-state index in [1.54, 1.807) is 65.8 Å². The maximum atomic E-state index is 13.1. The molecule has 9 heteroatoms. The molecule has 0 bridgehead atoms. The molecule has 0 aromatic heterocycles. The van der Waals surface area contributed by atoms with E-state index < -0.39 is 41.3 Å². The first-order valence-corrected chi connectivity index (χ1v) is 11.4. The van der Waals surface area contributed by atoms with Crippen LogP contribution in [0.25, 0.3) is 0 Å². The molecule has 2 rings (SSSR count). The first kappa shape index (κ1) is 27.1. The van der Waals surface area contributed by atoms with E-state index in [0.29, 0.717) is 30.7 Å². The third-order valence-corrected chi connectivity index (χ3v) is 4.99. The highest BCUT2D eigenvalue weighted by molar-refractivity contribution is 6.00. The molecule has 1 aromatic carbocycles. The summed E-state index contributed by atoms with van der Waals surface area (Å²) in [4.78, 5) is 52.8. The van der Waals surface area contributed by atoms with Gasteiger partial charge in [0.2, 0.25) is 5.91 Å². The van der Waals surface area contributed by atoms with E-state index in [4.69, 9.17) is 14.2 Å². The smallest absolute Gasteiger partial charge is 0.410 e. The summed E-state index contributed by atoms with van der Waals surface area (Å²) in [6.07, 6.45) is 0.178. The fraction of sp³-hybridized carbons (Fsp3) is 0.600. The zero-order valence-corrected chi connectivity index (χ0v) is 21.1. The number of Topliss-reactive ketones (excluding diaryl/α,β-unsaturated/α-hetero) is 1. The molecule has 1 N–H and O–H groups in total. The average molecular weight is 477 g/mol. The molecule has 1 heterocycles. The van der Waals surface area contributed by atoms with Crippen LogP contribution in [0.3, 0.4) is 0 Å². The van der Waals surface area contributed by atoms with Gasteiger partial charge in [0.15, 0.2) is 5.78 Å². The summed E-state index contributed by atoms with van der Waals surface area (Å²) in [6, 6.07) is 4.47. The molecular formula is C25H36N2O7. The summed E-state index contributed by atoms with van der Waals surface area (Å²) in [7, 11) is 1.52. The quantitative estimate of drug-likeness (QED) is 0.474. The molecule has 2 amide bonds. The zero-order valence-electron chi connectivity index (χ0n) is 21.1. The standard InChI is InChI=1S/C25H36N2O7/c1-24(2,3)33-22(30)18(15-20(28)16-10-12-17(32-7)13-11-16)26-21(29)19-9-8-14-27(19)23(31)34-25(4,5)6/h10-13,18-19H,8-9,14-15H2,1-7H3,(H,26,29)/t18-,19-/m0/s1. The maximum absolute atomic E-state index is 13.1. The number of ketones is 1. The van der Waals surface area contributed by atoms with Crippen molar-refractivity contribution in [3.63, 3.8) is 0 Å². The van der Waals surface area contributed by atoms with Crippen LogP contribution in [0.15, 0.2) is 24.3 Å². The molecule has 0 aliphatic carbocycles. The van der Waals surface area contributed by atoms with Gasteiger partial charge in [0.05, 0.1) is 7.11 Å². The fourth-order valence-corrected chi connectivity index (χ4v) is 3.49. The predicted octanol–water partition coefficient (Wildman–Crippen LogP) is 3.49. The van der Waals surface area contributed by atoms with Crippen molar-refractivity contribution < 1.29 is 33.4 Å². The van der Waals surface area contributed by atoms with Crippen LogP contribution >= 0.6 is 0 Å². The van der Waals surface area contributed by atoms with Gasteiger partial charge in [-0.3, -0.25) is 14.5 Å². The van der Waals surface area contributed by atoms with Crippen molar-refractivity contribution in [2.45, 2.75) is 84.1 Å². The van der Waals surface area contributed by atoms with Gasteiger partial charge in [-0.2, -0.15) is 0 Å². The van der Waals surface area contributed by atoms with Gasteiger partial charge in [-0.05, 0) is 78.6 Å². The summed E-state index contributed by atoms with van der Waals surface area (Å²) in [6.45, 7) is 10.7. The number of carbonyl (C=O) groups is 4. The third-order valence-electron chi connectivity index (χ3n) is 4.99. The number of nitrogens with zero attached hydrogens (tertiary/aromatic N) is 1. The summed E-state index contributed by atoms with van der Waals surface area (Å²) < 4.78 is 16.0. The number of ether oxygens (including phenoxy) is 3. The number of likely N-dealkylation sites (tertiary alicyclic amines) is 1. The van der Waals surface area contributed by atoms with E-state index >= 15 is 0 Å². The van der Waals surface area contributed by atoms with E-state index in [1.807, 2.05) is 0 Å². The Morgan fingerprint density at radius 3 is 2.12 bits per heavy atom. The highest BCUT2D eigenvalue weighted by Gasteiger charge is 2.39. The van der Waals surface area contributed by atoms with Crippen LogP contribution in [0.2, 0.25) is 0 Å². The van der Waals surface area contributed by atoms with Crippen molar-refractivity contribution in [3.8, 4) is 5.75 Å². The van der Waals surface area contributed by atoms with Crippen LogP contribution in [0.4, 0.5) is 4.79 Å². The normalized spacial score (nSPS) is 17.0. The van der Waals surface area contributed by atoms with Crippen LogP contribution in [0.1, 0.15) is 71.2 Å². The number of rotatable bonds is 7. The zero-order chi connectivity index (χ0) is 25.7. The molecule has 0 saturated carbocycles. The summed E-state index contributed by atoms with van der Waals surface area (Å²) in [5.74, 6) is -0.988. The number of nitrogens with one attached hydrogen (secondary N) is 1. The second-order valence-corrected chi connectivity index (χ2v) is 10.3. The van der Waals surface area contributed by atoms with Crippen molar-refractivity contribution in [3.05, 3.63) is 29.8 Å². The number of hydrogen-bond acceptors (Lipinski definition) is 7. The SMILES string of the molecule is COc1ccc(C(=O)C[C@H](NC(=O)[C@@H]2CCCN2C(=O)OC(C)(C)C)C(=O)OC(C)(C)C)cc1. The van der Waals surface area contributed by atoms with Crippen LogP contribution < -0.4 is 10.1 Å². The topological polar surface area (TPSA) is 111 Å². The summed E-state index contributed by atoms with van der Waals surface area (Å²) in [5.41, 5.74) is -1.14. The molecule has 34 heavy (non-hydrogen) atoms. The van der Waals surface area contributed by atoms with E-state index in [0.717, 1.165) is 0 Å². The maximum Gasteiger partial charge on any atom is 0.410 e. The molecular weight excluding hydrogens is 440 g/mol. The van der Waals surface area contributed by atoms with E-state index in [2.05, 4.69) is 5.32 Å². The van der Waals surface area contributed by atoms with Crippen molar-refractivity contribution >= 4 is 23.8 Å². The summed E-state index contributed by atoms with van der Waals surface area (Å²) in [5, 5.41) is 2.64. The Bertz CT molecular complexity index is 897. The number of esters is 1. The number of hydrogen-bond donors (Lipinski definition) is 1. The van der Waals surface area contributed by atoms with Gasteiger partial charge in [0.1, 0.15) is 29.0 Å². The molecule has 1 aliphatic rings. The van der Waals surface area contributed by atoms with Gasteiger partial charge in [0, 0.05) is 18.5 Å². The number of carbonyl (C=O) groups excluding carboxylic acids is 4. The minimum absolute atomic E-state index is 0.286. The average Bonchev–Trinajstić information content (AvgIpc) is 3.21. The predicted molar refractivity (Wildman–Crippen MR) is 126 cm³/mol. The Hall–Kier alpha value is -3.10. The van der Waals surface area contributed by atoms with Crippen molar-refractivity contribution in [2.75, 3.05) is 13.7 Å². The molecule has 188 valence electrons. The minimum atomic E-state index is -1.21. The Balaban J connectivity index is 2.18. The number of benzene rings is 1. The molecule has 1 fully saturated rings. The van der Waals surface area contributed by atoms with Gasteiger partial charge < -0.3 is 19.5 Å². The molecule has 9 nitrogen and oxygen atoms in total. The fourth-order valence-electron chi connectivity index (χ4n) is 3.49. The lowest BCUT2D eigenvalue weighted by atomic mass is 10.0. The second-order valence-electron chi connectivity index (χ2n) is 10.3. The molecule has 1 aromatic rings. The lowest BCUT2D eigenvalue weighted by Crippen LogP contribution is -2.53. The van der Waals surface area contributed by atoms with Crippen LogP contribution in [0.5, 0.6) is 5.75 Å².